The maximum Gasteiger partial charge on any atom is 0.169 e. The second-order valence-electron chi connectivity index (χ2n) is 6.28. The predicted molar refractivity (Wildman–Crippen MR) is 109 cm³/mol. The van der Waals surface area contributed by atoms with Gasteiger partial charge in [-0.15, -0.1) is 11.3 Å². The number of aryl methyl sites for hydroxylation is 1. The lowest BCUT2D eigenvalue weighted by atomic mass is 10.1. The van der Waals surface area contributed by atoms with Crippen molar-refractivity contribution in [3.8, 4) is 5.75 Å². The summed E-state index contributed by atoms with van der Waals surface area (Å²) in [6.45, 7) is 12.5. The van der Waals surface area contributed by atoms with Crippen LogP contribution < -0.4 is 10.1 Å². The summed E-state index contributed by atoms with van der Waals surface area (Å²) in [5, 5.41) is 7.07. The maximum absolute atomic E-state index is 5.95. The molecule has 2 rings (SSSR count). The summed E-state index contributed by atoms with van der Waals surface area (Å²) < 4.78 is 5.95. The average molecular weight is 378 g/mol. The summed E-state index contributed by atoms with van der Waals surface area (Å²) in [5.74, 6) is 0.925. The zero-order valence-electron chi connectivity index (χ0n) is 15.6. The van der Waals surface area contributed by atoms with Gasteiger partial charge in [-0.25, -0.2) is 4.98 Å². The topological polar surface area (TPSA) is 37.4 Å². The minimum Gasteiger partial charge on any atom is -0.486 e. The first-order chi connectivity index (χ1) is 11.9. The highest BCUT2D eigenvalue weighted by atomic mass is 32.1. The van der Waals surface area contributed by atoms with Crippen molar-refractivity contribution >= 4 is 28.7 Å². The van der Waals surface area contributed by atoms with Crippen molar-refractivity contribution in [3.05, 3.63) is 45.4 Å². The van der Waals surface area contributed by atoms with Gasteiger partial charge in [-0.1, -0.05) is 12.1 Å². The van der Waals surface area contributed by atoms with E-state index >= 15 is 0 Å². The number of thiocarbonyl (C=S) groups is 1. The van der Waals surface area contributed by atoms with Crippen molar-refractivity contribution in [2.75, 3.05) is 6.54 Å². The van der Waals surface area contributed by atoms with Gasteiger partial charge in [0, 0.05) is 18.0 Å². The van der Waals surface area contributed by atoms with Gasteiger partial charge in [0.1, 0.15) is 17.4 Å². The van der Waals surface area contributed by atoms with E-state index in [4.69, 9.17) is 21.9 Å². The van der Waals surface area contributed by atoms with Crippen molar-refractivity contribution in [2.45, 2.75) is 53.8 Å². The van der Waals surface area contributed by atoms with Gasteiger partial charge < -0.3 is 15.0 Å². The smallest absolute Gasteiger partial charge is 0.169 e. The number of nitrogens with one attached hydrogen (secondary N) is 1. The molecule has 6 heteroatoms. The van der Waals surface area contributed by atoms with Crippen LogP contribution in [-0.2, 0) is 13.2 Å². The molecule has 0 radical (unpaired) electrons. The molecule has 136 valence electrons. The number of benzene rings is 1. The summed E-state index contributed by atoms with van der Waals surface area (Å²) in [4.78, 5) is 6.86. The fourth-order valence-electron chi connectivity index (χ4n) is 2.42. The molecular formula is C19H27N3OS2. The fourth-order valence-corrected chi connectivity index (χ4v) is 3.54. The van der Waals surface area contributed by atoms with Crippen LogP contribution in [0.3, 0.4) is 0 Å². The molecule has 25 heavy (non-hydrogen) atoms. The first kappa shape index (κ1) is 19.7. The number of hydrogen-bond acceptors (Lipinski definition) is 4. The lowest BCUT2D eigenvalue weighted by Gasteiger charge is -2.28. The second kappa shape index (κ2) is 9.15. The lowest BCUT2D eigenvalue weighted by molar-refractivity contribution is 0.301. The van der Waals surface area contributed by atoms with Crippen LogP contribution in [0.15, 0.2) is 23.6 Å². The van der Waals surface area contributed by atoms with Crippen molar-refractivity contribution in [1.29, 1.82) is 0 Å². The van der Waals surface area contributed by atoms with Crippen LogP contribution in [0.2, 0.25) is 0 Å². The molecule has 1 heterocycles. The monoisotopic (exact) mass is 377 g/mol. The van der Waals surface area contributed by atoms with E-state index in [-0.39, 0.29) is 0 Å². The summed E-state index contributed by atoms with van der Waals surface area (Å²) >= 11 is 7.10. The van der Waals surface area contributed by atoms with Crippen molar-refractivity contribution in [3.63, 3.8) is 0 Å². The Hall–Kier alpha value is -1.66. The minimum absolute atomic E-state index is 0.322. The van der Waals surface area contributed by atoms with Crippen LogP contribution >= 0.6 is 23.6 Å². The van der Waals surface area contributed by atoms with E-state index in [1.54, 1.807) is 11.3 Å². The molecule has 1 aromatic carbocycles. The molecule has 0 saturated carbocycles. The molecule has 0 spiro atoms. The van der Waals surface area contributed by atoms with Gasteiger partial charge in [0.05, 0.1) is 12.2 Å². The summed E-state index contributed by atoms with van der Waals surface area (Å²) in [5.41, 5.74) is 3.45. The molecule has 1 N–H and O–H groups in total. The third-order valence-electron chi connectivity index (χ3n) is 4.05. The molecule has 2 aromatic rings. The van der Waals surface area contributed by atoms with Gasteiger partial charge in [-0.2, -0.15) is 0 Å². The molecular weight excluding hydrogens is 350 g/mol. The van der Waals surface area contributed by atoms with E-state index in [1.165, 1.54) is 11.1 Å². The van der Waals surface area contributed by atoms with Gasteiger partial charge in [0.15, 0.2) is 5.11 Å². The van der Waals surface area contributed by atoms with Gasteiger partial charge in [0.2, 0.25) is 0 Å². The number of ether oxygens (including phenoxy) is 1. The Balaban J connectivity index is 1.99. The number of nitrogens with zero attached hydrogens (tertiary/aromatic N) is 2. The molecule has 0 aliphatic heterocycles. The molecule has 1 aromatic heterocycles. The molecule has 0 atom stereocenters. The van der Waals surface area contributed by atoms with E-state index in [2.05, 4.69) is 56.3 Å². The molecule has 0 saturated heterocycles. The zero-order chi connectivity index (χ0) is 18.4. The van der Waals surface area contributed by atoms with Gasteiger partial charge >= 0.3 is 0 Å². The third-order valence-corrected chi connectivity index (χ3v) is 5.30. The number of thiazole rings is 1. The highest BCUT2D eigenvalue weighted by Crippen LogP contribution is 2.22. The van der Waals surface area contributed by atoms with Crippen molar-refractivity contribution in [1.82, 2.24) is 15.2 Å². The Bertz CT molecular complexity index is 712. The highest BCUT2D eigenvalue weighted by molar-refractivity contribution is 7.80. The molecule has 0 fully saturated rings. The van der Waals surface area contributed by atoms with Crippen LogP contribution in [0, 0.1) is 13.8 Å². The molecule has 0 unspecified atom stereocenters. The molecule has 4 nitrogen and oxygen atoms in total. The van der Waals surface area contributed by atoms with Gasteiger partial charge in [0.25, 0.3) is 0 Å². The van der Waals surface area contributed by atoms with Crippen molar-refractivity contribution < 1.29 is 4.74 Å². The van der Waals surface area contributed by atoms with E-state index in [0.29, 0.717) is 19.2 Å². The van der Waals surface area contributed by atoms with Crippen LogP contribution in [0.25, 0.3) is 0 Å². The Kier molecular flexibility index (Phi) is 7.20. The Labute approximate surface area is 160 Å². The van der Waals surface area contributed by atoms with E-state index in [1.807, 2.05) is 12.1 Å². The Morgan fingerprint density at radius 1 is 1.36 bits per heavy atom. The predicted octanol–water partition coefficient (Wildman–Crippen LogP) is 4.44. The molecule has 0 aliphatic carbocycles. The second-order valence-corrected chi connectivity index (χ2v) is 7.61. The number of aromatic nitrogens is 1. The maximum atomic E-state index is 5.95. The highest BCUT2D eigenvalue weighted by Gasteiger charge is 2.15. The van der Waals surface area contributed by atoms with Gasteiger partial charge in [-0.05, 0) is 64.0 Å². The van der Waals surface area contributed by atoms with Crippen molar-refractivity contribution in [2.24, 2.45) is 0 Å². The third kappa shape index (κ3) is 5.41. The Morgan fingerprint density at radius 3 is 2.80 bits per heavy atom. The molecule has 0 amide bonds. The minimum atomic E-state index is 0.322. The van der Waals surface area contributed by atoms with Crippen LogP contribution in [0.4, 0.5) is 0 Å². The fraction of sp³-hybridized carbons (Fsp3) is 0.474. The first-order valence-electron chi connectivity index (χ1n) is 8.59. The SMILES string of the molecule is CCNC(=S)N(Cc1csc(COc2cccc(C)c2C)n1)C(C)C. The van der Waals surface area contributed by atoms with E-state index in [9.17, 15) is 0 Å². The molecule has 0 bridgehead atoms. The summed E-state index contributed by atoms with van der Waals surface area (Å²) in [6, 6.07) is 6.44. The van der Waals surface area contributed by atoms with E-state index in [0.717, 1.165) is 28.1 Å². The zero-order valence-corrected chi connectivity index (χ0v) is 17.3. The van der Waals surface area contributed by atoms with Crippen LogP contribution in [-0.4, -0.2) is 27.6 Å². The number of rotatable bonds is 7. The summed E-state index contributed by atoms with van der Waals surface area (Å²) in [6.07, 6.45) is 0. The average Bonchev–Trinajstić information content (AvgIpc) is 3.01. The molecule has 0 aliphatic rings. The lowest BCUT2D eigenvalue weighted by Crippen LogP contribution is -2.43. The first-order valence-corrected chi connectivity index (χ1v) is 9.88. The summed E-state index contributed by atoms with van der Waals surface area (Å²) in [7, 11) is 0. The Morgan fingerprint density at radius 2 is 2.12 bits per heavy atom. The van der Waals surface area contributed by atoms with Crippen LogP contribution in [0.5, 0.6) is 5.75 Å². The normalized spacial score (nSPS) is 10.8. The quantitative estimate of drug-likeness (QED) is 0.722. The van der Waals surface area contributed by atoms with Gasteiger partial charge in [-0.3, -0.25) is 0 Å². The largest absolute Gasteiger partial charge is 0.486 e. The number of hydrogen-bond donors (Lipinski definition) is 1. The standard InChI is InChI=1S/C19H27N3OS2/c1-6-20-19(24)22(13(2)3)10-16-12-25-18(21-16)11-23-17-9-7-8-14(4)15(17)5/h7-9,12-13H,6,10-11H2,1-5H3,(H,20,24). The van der Waals surface area contributed by atoms with Crippen LogP contribution in [0.1, 0.15) is 42.6 Å². The van der Waals surface area contributed by atoms with E-state index < -0.39 is 0 Å².